The van der Waals surface area contributed by atoms with Crippen LogP contribution < -0.4 is 5.32 Å². The normalized spacial score (nSPS) is 17.7. The molecule has 2 aromatic rings. The molecule has 1 aliphatic heterocycles. The van der Waals surface area contributed by atoms with Gasteiger partial charge in [0.05, 0.1) is 10.1 Å². The molecule has 0 spiro atoms. The van der Waals surface area contributed by atoms with E-state index in [1.165, 1.54) is 0 Å². The smallest absolute Gasteiger partial charge is 0.321 e. The average molecular weight is 344 g/mol. The number of aryl methyl sites for hydroxylation is 1. The summed E-state index contributed by atoms with van der Waals surface area (Å²) in [5.74, 6) is 0. The molecule has 0 aromatic heterocycles. The lowest BCUT2D eigenvalue weighted by atomic mass is 10.2. The van der Waals surface area contributed by atoms with Crippen molar-refractivity contribution < 1.29 is 13.2 Å². The number of nitrogens with one attached hydrogen (secondary N) is 1. The van der Waals surface area contributed by atoms with Gasteiger partial charge in [0.25, 0.3) is 0 Å². The largest absolute Gasteiger partial charge is 0.323 e. The van der Waals surface area contributed by atoms with Crippen LogP contribution in [0.2, 0.25) is 0 Å². The predicted octanol–water partition coefficient (Wildman–Crippen LogP) is 3.08. The summed E-state index contributed by atoms with van der Waals surface area (Å²) in [4.78, 5) is 14.2. The summed E-state index contributed by atoms with van der Waals surface area (Å²) in [7, 11) is -3.41. The van der Waals surface area contributed by atoms with Gasteiger partial charge in [0.1, 0.15) is 0 Å². The molecule has 6 heteroatoms. The molecule has 1 fully saturated rings. The number of hydrogen-bond donors (Lipinski definition) is 1. The number of likely N-dealkylation sites (tertiary alicyclic amines) is 1. The van der Waals surface area contributed by atoms with E-state index in [1.54, 1.807) is 35.2 Å². The highest BCUT2D eigenvalue weighted by Gasteiger charge is 2.36. The van der Waals surface area contributed by atoms with Crippen LogP contribution in [0.4, 0.5) is 10.5 Å². The highest BCUT2D eigenvalue weighted by Crippen LogP contribution is 2.24. The third-order valence-electron chi connectivity index (χ3n) is 4.25. The van der Waals surface area contributed by atoms with Gasteiger partial charge >= 0.3 is 6.03 Å². The van der Waals surface area contributed by atoms with Gasteiger partial charge in [-0.15, -0.1) is 0 Å². The van der Waals surface area contributed by atoms with Crippen LogP contribution in [0.1, 0.15) is 12.0 Å². The highest BCUT2D eigenvalue weighted by atomic mass is 32.2. The Morgan fingerprint density at radius 2 is 1.75 bits per heavy atom. The van der Waals surface area contributed by atoms with Crippen molar-refractivity contribution >= 4 is 21.6 Å². The monoisotopic (exact) mass is 344 g/mol. The van der Waals surface area contributed by atoms with Gasteiger partial charge in [0.15, 0.2) is 9.84 Å². The maximum atomic E-state index is 12.6. The lowest BCUT2D eigenvalue weighted by Crippen LogP contribution is -2.35. The van der Waals surface area contributed by atoms with Crippen molar-refractivity contribution in [3.63, 3.8) is 0 Å². The minimum atomic E-state index is -3.41. The third kappa shape index (κ3) is 3.43. The number of rotatable bonds is 3. The fourth-order valence-electron chi connectivity index (χ4n) is 2.81. The van der Waals surface area contributed by atoms with E-state index in [1.807, 2.05) is 31.2 Å². The Morgan fingerprint density at radius 1 is 1.08 bits per heavy atom. The van der Waals surface area contributed by atoms with Crippen molar-refractivity contribution in [2.45, 2.75) is 23.5 Å². The number of benzene rings is 2. The lowest BCUT2D eigenvalue weighted by molar-refractivity contribution is 0.222. The summed E-state index contributed by atoms with van der Waals surface area (Å²) in [5, 5.41) is 2.26. The first-order valence-corrected chi connectivity index (χ1v) is 9.43. The molecule has 126 valence electrons. The molecule has 2 aromatic carbocycles. The highest BCUT2D eigenvalue weighted by molar-refractivity contribution is 7.92. The molecule has 1 heterocycles. The fourth-order valence-corrected chi connectivity index (χ4v) is 4.52. The van der Waals surface area contributed by atoms with Gasteiger partial charge in [-0.3, -0.25) is 0 Å². The molecule has 1 saturated heterocycles. The van der Waals surface area contributed by atoms with Crippen LogP contribution in [-0.4, -0.2) is 37.7 Å². The molecule has 3 rings (SSSR count). The van der Waals surface area contributed by atoms with E-state index in [9.17, 15) is 13.2 Å². The number of nitrogens with zero attached hydrogens (tertiary/aromatic N) is 1. The van der Waals surface area contributed by atoms with E-state index in [0.29, 0.717) is 23.5 Å². The van der Waals surface area contributed by atoms with Gasteiger partial charge in [0, 0.05) is 18.8 Å². The minimum Gasteiger partial charge on any atom is -0.323 e. The van der Waals surface area contributed by atoms with Crippen LogP contribution in [0.3, 0.4) is 0 Å². The van der Waals surface area contributed by atoms with E-state index in [-0.39, 0.29) is 12.6 Å². The van der Waals surface area contributed by atoms with Crippen molar-refractivity contribution in [1.82, 2.24) is 4.90 Å². The molecule has 1 aliphatic rings. The van der Waals surface area contributed by atoms with Crippen LogP contribution in [0, 0.1) is 6.92 Å². The zero-order valence-corrected chi connectivity index (χ0v) is 14.3. The summed E-state index contributed by atoms with van der Waals surface area (Å²) in [6.07, 6.45) is 0.457. The molecule has 0 aliphatic carbocycles. The average Bonchev–Trinajstić information content (AvgIpc) is 3.09. The Hall–Kier alpha value is -2.34. The zero-order chi connectivity index (χ0) is 17.2. The van der Waals surface area contributed by atoms with E-state index in [0.717, 1.165) is 5.56 Å². The first-order valence-electron chi connectivity index (χ1n) is 7.88. The first kappa shape index (κ1) is 16.5. The first-order chi connectivity index (χ1) is 11.5. The second-order valence-corrected chi connectivity index (χ2v) is 8.24. The van der Waals surface area contributed by atoms with Crippen LogP contribution in [0.25, 0.3) is 0 Å². The quantitative estimate of drug-likeness (QED) is 0.930. The van der Waals surface area contributed by atoms with Crippen LogP contribution in [0.15, 0.2) is 59.5 Å². The lowest BCUT2D eigenvalue weighted by Gasteiger charge is -2.17. The Labute approximate surface area is 142 Å². The summed E-state index contributed by atoms with van der Waals surface area (Å²) >= 11 is 0. The standard InChI is InChI=1S/C18H20N2O3S/c1-14-7-9-15(10-8-14)19-18(21)20-12-11-17(13-20)24(22,23)16-5-3-2-4-6-16/h2-10,17H,11-13H2,1H3,(H,19,21). The molecular formula is C18H20N2O3S. The van der Waals surface area contributed by atoms with E-state index in [2.05, 4.69) is 5.32 Å². The third-order valence-corrected chi connectivity index (χ3v) is 6.44. The molecule has 0 saturated carbocycles. The maximum Gasteiger partial charge on any atom is 0.321 e. The van der Waals surface area contributed by atoms with Crippen molar-refractivity contribution in [2.24, 2.45) is 0 Å². The number of carbonyl (C=O) groups is 1. The van der Waals surface area contributed by atoms with Crippen LogP contribution >= 0.6 is 0 Å². The molecule has 2 amide bonds. The summed E-state index contributed by atoms with van der Waals surface area (Å²) in [6.45, 7) is 2.63. The SMILES string of the molecule is Cc1ccc(NC(=O)N2CCC(S(=O)(=O)c3ccccc3)C2)cc1. The molecule has 1 N–H and O–H groups in total. The van der Waals surface area contributed by atoms with Crippen molar-refractivity contribution in [2.75, 3.05) is 18.4 Å². The fraction of sp³-hybridized carbons (Fsp3) is 0.278. The molecule has 0 radical (unpaired) electrons. The van der Waals surface area contributed by atoms with Crippen LogP contribution in [-0.2, 0) is 9.84 Å². The van der Waals surface area contributed by atoms with E-state index in [4.69, 9.17) is 0 Å². The predicted molar refractivity (Wildman–Crippen MR) is 93.8 cm³/mol. The van der Waals surface area contributed by atoms with Gasteiger partial charge in [-0.25, -0.2) is 13.2 Å². The van der Waals surface area contributed by atoms with E-state index < -0.39 is 15.1 Å². The molecule has 1 unspecified atom stereocenters. The second kappa shape index (κ2) is 6.65. The van der Waals surface area contributed by atoms with Crippen LogP contribution in [0.5, 0.6) is 0 Å². The molecule has 5 nitrogen and oxygen atoms in total. The summed E-state index contributed by atoms with van der Waals surface area (Å²) < 4.78 is 25.3. The minimum absolute atomic E-state index is 0.217. The zero-order valence-electron chi connectivity index (χ0n) is 13.5. The topological polar surface area (TPSA) is 66.5 Å². The van der Waals surface area contributed by atoms with Gasteiger partial charge in [-0.2, -0.15) is 0 Å². The summed E-state index contributed by atoms with van der Waals surface area (Å²) in [6, 6.07) is 15.7. The Balaban J connectivity index is 1.66. The number of hydrogen-bond acceptors (Lipinski definition) is 3. The molecule has 1 atom stereocenters. The Morgan fingerprint density at radius 3 is 2.42 bits per heavy atom. The van der Waals surface area contributed by atoms with Gasteiger partial charge in [-0.05, 0) is 37.6 Å². The number of sulfone groups is 1. The summed E-state index contributed by atoms with van der Waals surface area (Å²) in [5.41, 5.74) is 1.82. The Kier molecular flexibility index (Phi) is 4.57. The number of amides is 2. The molecular weight excluding hydrogens is 324 g/mol. The Bertz CT molecular complexity index is 817. The maximum absolute atomic E-state index is 12.6. The molecule has 0 bridgehead atoms. The van der Waals surface area contributed by atoms with Gasteiger partial charge in [0.2, 0.25) is 0 Å². The van der Waals surface area contributed by atoms with Crippen molar-refractivity contribution in [3.05, 3.63) is 60.2 Å². The number of urea groups is 1. The molecule has 24 heavy (non-hydrogen) atoms. The van der Waals surface area contributed by atoms with E-state index >= 15 is 0 Å². The second-order valence-electron chi connectivity index (χ2n) is 6.01. The van der Waals surface area contributed by atoms with Crippen molar-refractivity contribution in [3.8, 4) is 0 Å². The number of anilines is 1. The van der Waals surface area contributed by atoms with Crippen molar-refractivity contribution in [1.29, 1.82) is 0 Å². The number of carbonyl (C=O) groups excluding carboxylic acids is 1. The van der Waals surface area contributed by atoms with Gasteiger partial charge in [-0.1, -0.05) is 35.9 Å². The van der Waals surface area contributed by atoms with Gasteiger partial charge < -0.3 is 10.2 Å².